The summed E-state index contributed by atoms with van der Waals surface area (Å²) < 4.78 is 10.6. The second kappa shape index (κ2) is 9.68. The number of likely N-dealkylation sites (tertiary alicyclic amines) is 1. The van der Waals surface area contributed by atoms with Crippen molar-refractivity contribution in [2.45, 2.75) is 32.6 Å². The van der Waals surface area contributed by atoms with Gasteiger partial charge in [0, 0.05) is 26.8 Å². The first kappa shape index (κ1) is 18.0. The average molecular weight is 319 g/mol. The molecule has 1 heterocycles. The smallest absolute Gasteiger partial charge is 0.226 e. The van der Waals surface area contributed by atoms with Gasteiger partial charge in [-0.25, -0.2) is 0 Å². The minimum absolute atomic E-state index is 0.244. The van der Waals surface area contributed by atoms with Gasteiger partial charge in [0.2, 0.25) is 5.91 Å². The van der Waals surface area contributed by atoms with E-state index in [0.29, 0.717) is 25.6 Å². The number of methoxy groups -OCH3 is 1. The Morgan fingerprint density at radius 2 is 1.78 bits per heavy atom. The third-order valence-electron chi connectivity index (χ3n) is 4.54. The molecule has 2 rings (SSSR count). The molecule has 0 N–H and O–H groups in total. The maximum Gasteiger partial charge on any atom is 0.226 e. The van der Waals surface area contributed by atoms with E-state index in [1.807, 2.05) is 4.90 Å². The van der Waals surface area contributed by atoms with Crippen LogP contribution in [0.3, 0.4) is 0 Å². The lowest BCUT2D eigenvalue weighted by Gasteiger charge is -2.32. The van der Waals surface area contributed by atoms with Crippen LogP contribution in [-0.4, -0.2) is 50.8 Å². The molecule has 0 spiro atoms. The first-order valence-electron chi connectivity index (χ1n) is 8.65. The zero-order chi connectivity index (χ0) is 16.5. The second-order valence-corrected chi connectivity index (χ2v) is 6.24. The number of benzene rings is 1. The molecule has 1 saturated heterocycles. The van der Waals surface area contributed by atoms with E-state index in [-0.39, 0.29) is 5.91 Å². The first-order chi connectivity index (χ1) is 11.2. The standard InChI is InChI=1S/C19H29NO3/c1-3-16-4-6-17(7-5-16)14-19(21)20-10-8-18(9-11-20)15-23-13-12-22-2/h4-7,18H,3,8-15H2,1-2H3. The van der Waals surface area contributed by atoms with Gasteiger partial charge in [-0.05, 0) is 36.3 Å². The molecule has 0 radical (unpaired) electrons. The summed E-state index contributed by atoms with van der Waals surface area (Å²) in [5.41, 5.74) is 2.42. The number of hydrogen-bond acceptors (Lipinski definition) is 3. The van der Waals surface area contributed by atoms with Gasteiger partial charge in [0.1, 0.15) is 0 Å². The summed E-state index contributed by atoms with van der Waals surface area (Å²) in [6, 6.07) is 8.39. The Kier molecular flexibility index (Phi) is 7.56. The van der Waals surface area contributed by atoms with Crippen LogP contribution in [0, 0.1) is 5.92 Å². The van der Waals surface area contributed by atoms with Crippen LogP contribution in [0.25, 0.3) is 0 Å². The van der Waals surface area contributed by atoms with Crippen LogP contribution < -0.4 is 0 Å². The van der Waals surface area contributed by atoms with Crippen molar-refractivity contribution >= 4 is 5.91 Å². The largest absolute Gasteiger partial charge is 0.382 e. The summed E-state index contributed by atoms with van der Waals surface area (Å²) in [4.78, 5) is 14.4. The number of carbonyl (C=O) groups is 1. The van der Waals surface area contributed by atoms with E-state index in [2.05, 4.69) is 31.2 Å². The fourth-order valence-corrected chi connectivity index (χ4v) is 2.92. The molecule has 1 amide bonds. The molecular weight excluding hydrogens is 290 g/mol. The lowest BCUT2D eigenvalue weighted by Crippen LogP contribution is -2.40. The summed E-state index contributed by atoms with van der Waals surface area (Å²) in [5.74, 6) is 0.813. The summed E-state index contributed by atoms with van der Waals surface area (Å²) in [6.07, 6.45) is 3.62. The summed E-state index contributed by atoms with van der Waals surface area (Å²) in [7, 11) is 1.68. The SMILES string of the molecule is CCc1ccc(CC(=O)N2CCC(COCCOC)CC2)cc1. The maximum atomic E-state index is 12.4. The fraction of sp³-hybridized carbons (Fsp3) is 0.632. The lowest BCUT2D eigenvalue weighted by atomic mass is 9.97. The Labute approximate surface area is 139 Å². The van der Waals surface area contributed by atoms with E-state index in [4.69, 9.17) is 9.47 Å². The molecule has 0 saturated carbocycles. The van der Waals surface area contributed by atoms with Gasteiger partial charge in [-0.2, -0.15) is 0 Å². The van der Waals surface area contributed by atoms with Gasteiger partial charge in [0.25, 0.3) is 0 Å². The molecule has 4 heteroatoms. The molecule has 0 aromatic heterocycles. The van der Waals surface area contributed by atoms with Crippen molar-refractivity contribution in [2.24, 2.45) is 5.92 Å². The van der Waals surface area contributed by atoms with Gasteiger partial charge in [0.05, 0.1) is 19.6 Å². The zero-order valence-corrected chi connectivity index (χ0v) is 14.4. The van der Waals surface area contributed by atoms with E-state index < -0.39 is 0 Å². The predicted octanol–water partition coefficient (Wildman–Crippen LogP) is 2.69. The number of piperidine rings is 1. The molecule has 0 unspecified atom stereocenters. The minimum atomic E-state index is 0.244. The van der Waals surface area contributed by atoms with Crippen LogP contribution in [0.15, 0.2) is 24.3 Å². The van der Waals surface area contributed by atoms with Crippen molar-refractivity contribution in [1.29, 1.82) is 0 Å². The highest BCUT2D eigenvalue weighted by Crippen LogP contribution is 2.18. The fourth-order valence-electron chi connectivity index (χ4n) is 2.92. The van der Waals surface area contributed by atoms with Gasteiger partial charge in [-0.15, -0.1) is 0 Å². The quantitative estimate of drug-likeness (QED) is 0.692. The second-order valence-electron chi connectivity index (χ2n) is 6.24. The summed E-state index contributed by atoms with van der Waals surface area (Å²) in [5, 5.41) is 0. The van der Waals surface area contributed by atoms with Crippen LogP contribution in [0.5, 0.6) is 0 Å². The summed E-state index contributed by atoms with van der Waals surface area (Å²) in [6.45, 7) is 5.93. The number of amides is 1. The third kappa shape index (κ3) is 5.96. The number of aryl methyl sites for hydroxylation is 1. The Morgan fingerprint density at radius 1 is 1.13 bits per heavy atom. The van der Waals surface area contributed by atoms with Crippen LogP contribution in [0.1, 0.15) is 30.9 Å². The van der Waals surface area contributed by atoms with Crippen molar-refractivity contribution < 1.29 is 14.3 Å². The topological polar surface area (TPSA) is 38.8 Å². The van der Waals surface area contributed by atoms with Gasteiger partial charge in [-0.1, -0.05) is 31.2 Å². The molecule has 128 valence electrons. The molecule has 1 aliphatic rings. The van der Waals surface area contributed by atoms with Gasteiger partial charge < -0.3 is 14.4 Å². The highest BCUT2D eigenvalue weighted by Gasteiger charge is 2.22. The van der Waals surface area contributed by atoms with Crippen molar-refractivity contribution in [3.8, 4) is 0 Å². The van der Waals surface area contributed by atoms with Crippen molar-refractivity contribution in [3.05, 3.63) is 35.4 Å². The molecule has 0 atom stereocenters. The monoisotopic (exact) mass is 319 g/mol. The number of hydrogen-bond donors (Lipinski definition) is 0. The normalized spacial score (nSPS) is 15.8. The van der Waals surface area contributed by atoms with Gasteiger partial charge in [-0.3, -0.25) is 4.79 Å². The highest BCUT2D eigenvalue weighted by molar-refractivity contribution is 5.78. The van der Waals surface area contributed by atoms with Crippen LogP contribution in [0.2, 0.25) is 0 Å². The van der Waals surface area contributed by atoms with Crippen molar-refractivity contribution in [3.63, 3.8) is 0 Å². The number of carbonyl (C=O) groups excluding carboxylic acids is 1. The van der Waals surface area contributed by atoms with E-state index in [0.717, 1.165) is 44.5 Å². The Hall–Kier alpha value is -1.39. The molecule has 1 fully saturated rings. The van der Waals surface area contributed by atoms with E-state index in [1.54, 1.807) is 7.11 Å². The van der Waals surface area contributed by atoms with Crippen molar-refractivity contribution in [1.82, 2.24) is 4.90 Å². The average Bonchev–Trinajstić information content (AvgIpc) is 2.60. The van der Waals surface area contributed by atoms with Gasteiger partial charge in [0.15, 0.2) is 0 Å². The summed E-state index contributed by atoms with van der Waals surface area (Å²) >= 11 is 0. The molecule has 0 aliphatic carbocycles. The number of nitrogens with zero attached hydrogens (tertiary/aromatic N) is 1. The molecular formula is C19H29NO3. The Bertz CT molecular complexity index is 464. The first-order valence-corrected chi connectivity index (χ1v) is 8.65. The third-order valence-corrected chi connectivity index (χ3v) is 4.54. The lowest BCUT2D eigenvalue weighted by molar-refractivity contribution is -0.132. The van der Waals surface area contributed by atoms with E-state index in [1.165, 1.54) is 5.56 Å². The molecule has 1 aromatic rings. The van der Waals surface area contributed by atoms with Crippen LogP contribution in [0.4, 0.5) is 0 Å². The van der Waals surface area contributed by atoms with E-state index >= 15 is 0 Å². The number of rotatable bonds is 8. The minimum Gasteiger partial charge on any atom is -0.382 e. The predicted molar refractivity (Wildman–Crippen MR) is 91.5 cm³/mol. The molecule has 1 aromatic carbocycles. The Balaban J connectivity index is 1.70. The molecule has 1 aliphatic heterocycles. The van der Waals surface area contributed by atoms with E-state index in [9.17, 15) is 4.79 Å². The number of ether oxygens (including phenoxy) is 2. The highest BCUT2D eigenvalue weighted by atomic mass is 16.5. The maximum absolute atomic E-state index is 12.4. The molecule has 23 heavy (non-hydrogen) atoms. The van der Waals surface area contributed by atoms with Crippen LogP contribution >= 0.6 is 0 Å². The van der Waals surface area contributed by atoms with Crippen LogP contribution in [-0.2, 0) is 27.1 Å². The zero-order valence-electron chi connectivity index (χ0n) is 14.4. The van der Waals surface area contributed by atoms with Gasteiger partial charge >= 0.3 is 0 Å². The molecule has 4 nitrogen and oxygen atoms in total. The molecule has 0 bridgehead atoms. The Morgan fingerprint density at radius 3 is 2.39 bits per heavy atom. The van der Waals surface area contributed by atoms with Crippen molar-refractivity contribution in [2.75, 3.05) is 40.0 Å².